The van der Waals surface area contributed by atoms with E-state index in [1.807, 2.05) is 13.8 Å². The van der Waals surface area contributed by atoms with Crippen molar-refractivity contribution in [2.75, 3.05) is 22.4 Å². The Morgan fingerprint density at radius 3 is 2.54 bits per heavy atom. The van der Waals surface area contributed by atoms with E-state index < -0.39 is 43.6 Å². The topological polar surface area (TPSA) is 162 Å². The number of anilines is 2. The minimum absolute atomic E-state index is 0.0257. The van der Waals surface area contributed by atoms with E-state index in [0.29, 0.717) is 23.5 Å². The van der Waals surface area contributed by atoms with Gasteiger partial charge in [-0.3, -0.25) is 9.52 Å². The number of carbonyl (C=O) groups excluding carboxylic acids is 1. The van der Waals surface area contributed by atoms with Crippen LogP contribution in [0.1, 0.15) is 44.7 Å². The van der Waals surface area contributed by atoms with Gasteiger partial charge in [0.1, 0.15) is 16.2 Å². The number of aliphatic hydroxyl groups is 2. The number of hydrogen-bond donors (Lipinski definition) is 4. The molecule has 1 heterocycles. The monoisotopic (exact) mass is 547 g/mol. The summed E-state index contributed by atoms with van der Waals surface area (Å²) in [6, 6.07) is 10.8. The molecular formula is C25H29N3O7S2. The Hall–Kier alpha value is -3.22. The van der Waals surface area contributed by atoms with Crippen molar-refractivity contribution in [2.24, 2.45) is 10.3 Å². The molecule has 0 saturated carbocycles. The Labute approximate surface area is 216 Å². The van der Waals surface area contributed by atoms with E-state index in [1.165, 1.54) is 12.1 Å². The number of sulfonamides is 2. The van der Waals surface area contributed by atoms with Gasteiger partial charge in [-0.05, 0) is 49.4 Å². The molecule has 0 radical (unpaired) electrons. The van der Waals surface area contributed by atoms with Crippen molar-refractivity contribution < 1.29 is 31.8 Å². The molecule has 0 aromatic heterocycles. The zero-order valence-corrected chi connectivity index (χ0v) is 22.3. The average Bonchev–Trinajstić information content (AvgIpc) is 2.81. The summed E-state index contributed by atoms with van der Waals surface area (Å²) in [6.07, 6.45) is 1.23. The molecule has 12 heteroatoms. The van der Waals surface area contributed by atoms with Crippen molar-refractivity contribution >= 4 is 48.8 Å². The Kier molecular flexibility index (Phi) is 6.95. The molecular weight excluding hydrogens is 518 g/mol. The summed E-state index contributed by atoms with van der Waals surface area (Å²) in [5.74, 6) is -1.33. The van der Waals surface area contributed by atoms with E-state index in [9.17, 15) is 26.7 Å². The maximum atomic E-state index is 13.9. The molecule has 1 aliphatic heterocycles. The third-order valence-electron chi connectivity index (χ3n) is 6.56. The van der Waals surface area contributed by atoms with Gasteiger partial charge in [0, 0.05) is 11.3 Å². The molecule has 0 bridgehead atoms. The lowest BCUT2D eigenvalue weighted by Gasteiger charge is -2.36. The molecule has 1 atom stereocenters. The number of carbonyl (C=O) groups is 1. The second kappa shape index (κ2) is 9.58. The van der Waals surface area contributed by atoms with Gasteiger partial charge >= 0.3 is 0 Å². The first kappa shape index (κ1) is 26.8. The van der Waals surface area contributed by atoms with Crippen molar-refractivity contribution in [1.29, 1.82) is 0 Å². The number of aliphatic hydroxyl groups excluding tert-OH is 2. The van der Waals surface area contributed by atoms with E-state index >= 15 is 0 Å². The highest BCUT2D eigenvalue weighted by Gasteiger charge is 2.46. The van der Waals surface area contributed by atoms with Crippen LogP contribution >= 0.6 is 0 Å². The molecule has 2 aliphatic rings. The summed E-state index contributed by atoms with van der Waals surface area (Å²) in [5, 5.41) is 22.9. The van der Waals surface area contributed by atoms with Gasteiger partial charge < -0.3 is 15.5 Å². The SMILES string of the molecule is CC(C)CCC1(C)C(=O)C(C2=NS(=O)(=O)c3cc(NS(=O)(=O)CCO)ccc3N2)=C(O)c2ccccc21. The van der Waals surface area contributed by atoms with E-state index in [0.717, 1.165) is 12.5 Å². The van der Waals surface area contributed by atoms with Gasteiger partial charge in [-0.25, -0.2) is 8.42 Å². The molecule has 37 heavy (non-hydrogen) atoms. The number of nitrogens with zero attached hydrogens (tertiary/aromatic N) is 1. The fourth-order valence-corrected chi connectivity index (χ4v) is 6.51. The van der Waals surface area contributed by atoms with E-state index in [4.69, 9.17) is 5.11 Å². The van der Waals surface area contributed by atoms with Gasteiger partial charge in [-0.2, -0.15) is 8.42 Å². The molecule has 0 saturated heterocycles. The maximum absolute atomic E-state index is 13.9. The quantitative estimate of drug-likeness (QED) is 0.392. The number of fused-ring (bicyclic) bond motifs is 2. The van der Waals surface area contributed by atoms with Gasteiger partial charge in [0.05, 0.1) is 23.5 Å². The molecule has 0 amide bonds. The van der Waals surface area contributed by atoms with Crippen molar-refractivity contribution in [3.05, 3.63) is 59.2 Å². The Balaban J connectivity index is 1.79. The first-order valence-electron chi connectivity index (χ1n) is 11.7. The van der Waals surface area contributed by atoms with Crippen LogP contribution in [0.2, 0.25) is 0 Å². The summed E-state index contributed by atoms with van der Waals surface area (Å²) < 4.78 is 56.3. The zero-order valence-electron chi connectivity index (χ0n) is 20.6. The Bertz CT molecular complexity index is 1540. The second-order valence-corrected chi connectivity index (χ2v) is 13.2. The van der Waals surface area contributed by atoms with Gasteiger partial charge in [-0.15, -0.1) is 4.40 Å². The van der Waals surface area contributed by atoms with Crippen LogP contribution in [0.5, 0.6) is 0 Å². The second-order valence-electron chi connectivity index (χ2n) is 9.76. The van der Waals surface area contributed by atoms with E-state index in [1.54, 1.807) is 31.2 Å². The fourth-order valence-electron chi connectivity index (χ4n) is 4.54. The predicted octanol–water partition coefficient (Wildman–Crippen LogP) is 3.18. The van der Waals surface area contributed by atoms with Crippen molar-refractivity contribution in [1.82, 2.24) is 0 Å². The number of nitrogens with one attached hydrogen (secondary N) is 2. The molecule has 1 unspecified atom stereocenters. The molecule has 0 spiro atoms. The standard InChI is InChI=1S/C25H29N3O7S2/c1-15(2)10-11-25(3)18-7-5-4-6-17(18)22(30)21(23(25)31)24-26-19-9-8-16(27-36(32,33)13-12-29)14-20(19)37(34,35)28-24/h4-9,14-15,27,29-30H,10-13H2,1-3H3,(H,26,28). The van der Waals surface area contributed by atoms with Crippen LogP contribution in [-0.2, 0) is 30.3 Å². The number of ketones is 1. The van der Waals surface area contributed by atoms with Crippen LogP contribution in [0.3, 0.4) is 0 Å². The Morgan fingerprint density at radius 2 is 1.86 bits per heavy atom. The van der Waals surface area contributed by atoms with Crippen LogP contribution in [0.25, 0.3) is 5.76 Å². The summed E-state index contributed by atoms with van der Waals surface area (Å²) in [7, 11) is -8.25. The van der Waals surface area contributed by atoms with Gasteiger partial charge in [0.15, 0.2) is 11.6 Å². The molecule has 10 nitrogen and oxygen atoms in total. The molecule has 2 aromatic carbocycles. The molecule has 4 rings (SSSR count). The molecule has 0 fully saturated rings. The summed E-state index contributed by atoms with van der Waals surface area (Å²) in [6.45, 7) is 5.29. The van der Waals surface area contributed by atoms with Gasteiger partial charge in [-0.1, -0.05) is 38.1 Å². The highest BCUT2D eigenvalue weighted by atomic mass is 32.2. The molecule has 4 N–H and O–H groups in total. The number of amidine groups is 1. The van der Waals surface area contributed by atoms with Crippen molar-refractivity contribution in [3.63, 3.8) is 0 Å². The minimum Gasteiger partial charge on any atom is -0.506 e. The smallest absolute Gasteiger partial charge is 0.286 e. The Morgan fingerprint density at radius 1 is 1.16 bits per heavy atom. The summed E-state index contributed by atoms with van der Waals surface area (Å²) >= 11 is 0. The largest absolute Gasteiger partial charge is 0.506 e. The first-order chi connectivity index (χ1) is 17.3. The van der Waals surface area contributed by atoms with Gasteiger partial charge in [0.25, 0.3) is 10.0 Å². The van der Waals surface area contributed by atoms with E-state index in [2.05, 4.69) is 14.4 Å². The minimum atomic E-state index is -4.37. The summed E-state index contributed by atoms with van der Waals surface area (Å²) in [4.78, 5) is 13.6. The fraction of sp³-hybridized carbons (Fsp3) is 0.360. The van der Waals surface area contributed by atoms with Gasteiger partial charge in [0.2, 0.25) is 10.0 Å². The molecule has 198 valence electrons. The van der Waals surface area contributed by atoms with Crippen LogP contribution in [0.15, 0.2) is 57.3 Å². The van der Waals surface area contributed by atoms with Crippen LogP contribution < -0.4 is 10.0 Å². The zero-order chi connectivity index (χ0) is 27.2. The van der Waals surface area contributed by atoms with E-state index in [-0.39, 0.29) is 33.4 Å². The van der Waals surface area contributed by atoms with Crippen LogP contribution in [0.4, 0.5) is 11.4 Å². The lowest BCUT2D eigenvalue weighted by Crippen LogP contribution is -2.42. The summed E-state index contributed by atoms with van der Waals surface area (Å²) in [5.41, 5.74) is -0.0722. The molecule has 1 aliphatic carbocycles. The lowest BCUT2D eigenvalue weighted by atomic mass is 9.66. The third-order valence-corrected chi connectivity index (χ3v) is 9.14. The highest BCUT2D eigenvalue weighted by Crippen LogP contribution is 2.44. The van der Waals surface area contributed by atoms with Crippen LogP contribution in [-0.4, -0.2) is 51.0 Å². The van der Waals surface area contributed by atoms with Crippen LogP contribution in [0, 0.1) is 5.92 Å². The number of rotatable bonds is 8. The third kappa shape index (κ3) is 5.00. The normalized spacial score (nSPS) is 20.7. The highest BCUT2D eigenvalue weighted by molar-refractivity contribution is 7.92. The number of hydrogen-bond acceptors (Lipinski definition) is 8. The maximum Gasteiger partial charge on any atom is 0.286 e. The van der Waals surface area contributed by atoms with Crippen molar-refractivity contribution in [2.45, 2.75) is 43.9 Å². The first-order valence-corrected chi connectivity index (χ1v) is 14.8. The average molecular weight is 548 g/mol. The lowest BCUT2D eigenvalue weighted by molar-refractivity contribution is -0.120. The molecule has 2 aromatic rings. The predicted molar refractivity (Wildman–Crippen MR) is 142 cm³/mol. The number of benzene rings is 2. The van der Waals surface area contributed by atoms with Crippen molar-refractivity contribution in [3.8, 4) is 0 Å². The number of Topliss-reactive ketones (excluding diaryl/α,β-unsaturated/α-hetero) is 1.